The van der Waals surface area contributed by atoms with Gasteiger partial charge in [-0.3, -0.25) is 0 Å². The molecule has 72 valence electrons. The van der Waals surface area contributed by atoms with Gasteiger partial charge in [0.1, 0.15) is 11.5 Å². The van der Waals surface area contributed by atoms with Crippen LogP contribution in [0.25, 0.3) is 0 Å². The smallest absolute Gasteiger partial charge is 0.138 e. The van der Waals surface area contributed by atoms with Gasteiger partial charge in [0, 0.05) is 11.8 Å². The first kappa shape index (κ1) is 10.5. The second-order valence-electron chi connectivity index (χ2n) is 2.46. The van der Waals surface area contributed by atoms with Crippen molar-refractivity contribution in [2.75, 3.05) is 18.6 Å². The molecule has 0 heterocycles. The zero-order valence-electron chi connectivity index (χ0n) is 7.29. The largest absolute Gasteiger partial charge is 0.508 e. The number of benzene rings is 1. The molecule has 0 radical (unpaired) electrons. The van der Waals surface area contributed by atoms with Crippen molar-refractivity contribution in [1.29, 1.82) is 0 Å². The molecule has 1 N–H and O–H groups in total. The number of ether oxygens (including phenoxy) is 1. The first-order valence-electron chi connectivity index (χ1n) is 3.84. The van der Waals surface area contributed by atoms with E-state index in [-0.39, 0.29) is 5.75 Å². The number of rotatable bonds is 4. The number of thioether (sulfide) groups is 1. The summed E-state index contributed by atoms with van der Waals surface area (Å²) in [5, 5.41) is 9.51. The summed E-state index contributed by atoms with van der Waals surface area (Å²) in [6.07, 6.45) is 2.02. The second kappa shape index (κ2) is 5.25. The van der Waals surface area contributed by atoms with E-state index in [9.17, 15) is 0 Å². The van der Waals surface area contributed by atoms with Crippen LogP contribution in [-0.2, 0) is 0 Å². The number of hydrogen-bond acceptors (Lipinski definition) is 3. The SMILES string of the molecule is CSCCOc1ccc(O)cc1Cl. The molecule has 0 amide bonds. The number of phenolic OH excluding ortho intramolecular Hbond substituents is 1. The fourth-order valence-electron chi connectivity index (χ4n) is 0.842. The van der Waals surface area contributed by atoms with Crippen LogP contribution in [0.4, 0.5) is 0 Å². The van der Waals surface area contributed by atoms with Gasteiger partial charge in [-0.25, -0.2) is 0 Å². The summed E-state index contributed by atoms with van der Waals surface area (Å²) < 4.78 is 5.37. The van der Waals surface area contributed by atoms with E-state index in [1.54, 1.807) is 23.9 Å². The van der Waals surface area contributed by atoms with Crippen LogP contribution in [0.2, 0.25) is 5.02 Å². The molecule has 0 fully saturated rings. The summed E-state index contributed by atoms with van der Waals surface area (Å²) in [4.78, 5) is 0. The average Bonchev–Trinajstić information content (AvgIpc) is 2.09. The summed E-state index contributed by atoms with van der Waals surface area (Å²) in [5.41, 5.74) is 0. The van der Waals surface area contributed by atoms with E-state index >= 15 is 0 Å². The van der Waals surface area contributed by atoms with Gasteiger partial charge in [0.2, 0.25) is 0 Å². The van der Waals surface area contributed by atoms with E-state index in [4.69, 9.17) is 21.4 Å². The Labute approximate surface area is 86.9 Å². The highest BCUT2D eigenvalue weighted by Crippen LogP contribution is 2.27. The maximum Gasteiger partial charge on any atom is 0.138 e. The van der Waals surface area contributed by atoms with Gasteiger partial charge in [0.25, 0.3) is 0 Å². The molecule has 0 atom stereocenters. The quantitative estimate of drug-likeness (QED) is 0.789. The van der Waals surface area contributed by atoms with Crippen molar-refractivity contribution in [3.8, 4) is 11.5 Å². The van der Waals surface area contributed by atoms with E-state index in [1.807, 2.05) is 6.26 Å². The lowest BCUT2D eigenvalue weighted by Crippen LogP contribution is -1.99. The molecule has 0 saturated heterocycles. The molecule has 0 aliphatic carbocycles. The third-order valence-corrected chi connectivity index (χ3v) is 2.33. The highest BCUT2D eigenvalue weighted by molar-refractivity contribution is 7.98. The molecule has 0 aliphatic heterocycles. The maximum atomic E-state index is 9.06. The third-order valence-electron chi connectivity index (χ3n) is 1.46. The fraction of sp³-hybridized carbons (Fsp3) is 0.333. The van der Waals surface area contributed by atoms with Crippen molar-refractivity contribution in [1.82, 2.24) is 0 Å². The average molecular weight is 219 g/mol. The fourth-order valence-corrected chi connectivity index (χ4v) is 1.32. The van der Waals surface area contributed by atoms with Crippen LogP contribution < -0.4 is 4.74 Å². The first-order chi connectivity index (χ1) is 6.24. The normalized spacial score (nSPS) is 10.0. The highest BCUT2D eigenvalue weighted by Gasteiger charge is 2.01. The van der Waals surface area contributed by atoms with E-state index in [2.05, 4.69) is 0 Å². The molecule has 0 bridgehead atoms. The molecular weight excluding hydrogens is 208 g/mol. The molecule has 13 heavy (non-hydrogen) atoms. The van der Waals surface area contributed by atoms with E-state index in [0.29, 0.717) is 17.4 Å². The Hall–Kier alpha value is -0.540. The van der Waals surface area contributed by atoms with Crippen LogP contribution in [0.15, 0.2) is 18.2 Å². The highest BCUT2D eigenvalue weighted by atomic mass is 35.5. The van der Waals surface area contributed by atoms with Gasteiger partial charge in [-0.15, -0.1) is 0 Å². The van der Waals surface area contributed by atoms with Gasteiger partial charge in [0.15, 0.2) is 0 Å². The van der Waals surface area contributed by atoms with E-state index in [1.165, 1.54) is 6.07 Å². The Bertz CT molecular complexity index is 278. The number of hydrogen-bond donors (Lipinski definition) is 1. The Balaban J connectivity index is 2.56. The van der Waals surface area contributed by atoms with Crippen molar-refractivity contribution in [3.05, 3.63) is 23.2 Å². The summed E-state index contributed by atoms with van der Waals surface area (Å²) in [6, 6.07) is 4.69. The van der Waals surface area contributed by atoms with Gasteiger partial charge >= 0.3 is 0 Å². The molecule has 2 nitrogen and oxygen atoms in total. The predicted octanol–water partition coefficient (Wildman–Crippen LogP) is 2.79. The molecule has 0 unspecified atom stereocenters. The molecule has 0 aromatic heterocycles. The maximum absolute atomic E-state index is 9.06. The van der Waals surface area contributed by atoms with Crippen LogP contribution in [0, 0.1) is 0 Å². The summed E-state index contributed by atoms with van der Waals surface area (Å²) >= 11 is 7.53. The molecule has 4 heteroatoms. The lowest BCUT2D eigenvalue weighted by atomic mass is 10.3. The molecule has 1 aromatic carbocycles. The van der Waals surface area contributed by atoms with Crippen molar-refractivity contribution in [2.45, 2.75) is 0 Å². The molecule has 0 saturated carbocycles. The van der Waals surface area contributed by atoms with Gasteiger partial charge < -0.3 is 9.84 Å². The number of halogens is 1. The lowest BCUT2D eigenvalue weighted by Gasteiger charge is -2.06. The number of aromatic hydroxyl groups is 1. The predicted molar refractivity (Wildman–Crippen MR) is 57.0 cm³/mol. The van der Waals surface area contributed by atoms with Gasteiger partial charge in [0.05, 0.1) is 11.6 Å². The zero-order valence-corrected chi connectivity index (χ0v) is 8.86. The van der Waals surface area contributed by atoms with Crippen LogP contribution in [0.1, 0.15) is 0 Å². The van der Waals surface area contributed by atoms with Crippen LogP contribution >= 0.6 is 23.4 Å². The Morgan fingerprint density at radius 3 is 2.92 bits per heavy atom. The van der Waals surface area contributed by atoms with E-state index < -0.39 is 0 Å². The van der Waals surface area contributed by atoms with Crippen molar-refractivity contribution >= 4 is 23.4 Å². The van der Waals surface area contributed by atoms with Gasteiger partial charge in [-0.05, 0) is 18.4 Å². The van der Waals surface area contributed by atoms with Crippen LogP contribution in [-0.4, -0.2) is 23.7 Å². The molecule has 0 spiro atoms. The number of phenols is 1. The minimum absolute atomic E-state index is 0.155. The lowest BCUT2D eigenvalue weighted by molar-refractivity contribution is 0.343. The monoisotopic (exact) mass is 218 g/mol. The summed E-state index contributed by atoms with van der Waals surface area (Å²) in [7, 11) is 0. The molecule has 1 rings (SSSR count). The minimum Gasteiger partial charge on any atom is -0.508 e. The Kier molecular flexibility index (Phi) is 4.25. The Morgan fingerprint density at radius 2 is 2.31 bits per heavy atom. The zero-order chi connectivity index (χ0) is 9.68. The molecule has 1 aromatic rings. The standard InChI is InChI=1S/C9H11ClO2S/c1-13-5-4-12-9-3-2-7(11)6-8(9)10/h2-3,6,11H,4-5H2,1H3. The van der Waals surface area contributed by atoms with Crippen LogP contribution in [0.5, 0.6) is 11.5 Å². The van der Waals surface area contributed by atoms with Gasteiger partial charge in [-0.1, -0.05) is 11.6 Å². The van der Waals surface area contributed by atoms with Crippen molar-refractivity contribution < 1.29 is 9.84 Å². The third kappa shape index (κ3) is 3.36. The first-order valence-corrected chi connectivity index (χ1v) is 5.61. The molecule has 0 aliphatic rings. The van der Waals surface area contributed by atoms with Gasteiger partial charge in [-0.2, -0.15) is 11.8 Å². The van der Waals surface area contributed by atoms with E-state index in [0.717, 1.165) is 5.75 Å². The summed E-state index contributed by atoms with van der Waals surface area (Å²) in [5.74, 6) is 1.70. The van der Waals surface area contributed by atoms with Crippen LogP contribution in [0.3, 0.4) is 0 Å². The molecular formula is C9H11ClO2S. The van der Waals surface area contributed by atoms with Crippen molar-refractivity contribution in [2.24, 2.45) is 0 Å². The Morgan fingerprint density at radius 1 is 1.54 bits per heavy atom. The minimum atomic E-state index is 0.155. The van der Waals surface area contributed by atoms with Crippen molar-refractivity contribution in [3.63, 3.8) is 0 Å². The topological polar surface area (TPSA) is 29.5 Å². The second-order valence-corrected chi connectivity index (χ2v) is 3.85. The summed E-state index contributed by atoms with van der Waals surface area (Å²) in [6.45, 7) is 0.631.